The molecule has 1 saturated heterocycles. The molecule has 2 aromatic rings. The molecular formula is C21H27N5O5. The Morgan fingerprint density at radius 3 is 2.45 bits per heavy atom. The Balaban J connectivity index is 1.45. The van der Waals surface area contributed by atoms with Crippen LogP contribution in [0.1, 0.15) is 11.1 Å². The third kappa shape index (κ3) is 6.75. The zero-order valence-electron chi connectivity index (χ0n) is 17.4. The number of carbonyl (C=O) groups is 2. The van der Waals surface area contributed by atoms with Crippen LogP contribution in [0.3, 0.4) is 0 Å². The minimum Gasteiger partial charge on any atom is -0.493 e. The molecule has 0 saturated carbocycles. The number of primary amides is 1. The number of nitrogens with zero attached hydrogens (tertiary/aromatic N) is 2. The fourth-order valence-electron chi connectivity index (χ4n) is 3.02. The molecule has 0 aliphatic carbocycles. The van der Waals surface area contributed by atoms with Crippen LogP contribution in [0.25, 0.3) is 0 Å². The van der Waals surface area contributed by atoms with Gasteiger partial charge < -0.3 is 35.5 Å². The van der Waals surface area contributed by atoms with Gasteiger partial charge in [-0.25, -0.2) is 9.78 Å². The van der Waals surface area contributed by atoms with Crippen LogP contribution >= 0.6 is 0 Å². The van der Waals surface area contributed by atoms with Gasteiger partial charge in [0.25, 0.3) is 5.91 Å². The Bertz CT molecular complexity index is 884. The second-order valence-electron chi connectivity index (χ2n) is 6.90. The van der Waals surface area contributed by atoms with Gasteiger partial charge >= 0.3 is 6.03 Å². The number of hydrogen-bond acceptors (Lipinski definition) is 7. The molecule has 0 radical (unpaired) electrons. The van der Waals surface area contributed by atoms with Crippen molar-refractivity contribution in [1.82, 2.24) is 15.6 Å². The molecule has 1 aromatic carbocycles. The van der Waals surface area contributed by atoms with E-state index in [0.717, 1.165) is 30.0 Å². The van der Waals surface area contributed by atoms with Crippen LogP contribution in [0.2, 0.25) is 0 Å². The van der Waals surface area contributed by atoms with Crippen molar-refractivity contribution < 1.29 is 23.8 Å². The number of rotatable bonds is 9. The van der Waals surface area contributed by atoms with Crippen molar-refractivity contribution in [1.29, 1.82) is 0 Å². The molecule has 31 heavy (non-hydrogen) atoms. The van der Waals surface area contributed by atoms with Crippen LogP contribution in [0, 0.1) is 0 Å². The van der Waals surface area contributed by atoms with Crippen molar-refractivity contribution >= 4 is 17.8 Å². The average Bonchev–Trinajstić information content (AvgIpc) is 2.81. The molecule has 10 nitrogen and oxygen atoms in total. The lowest BCUT2D eigenvalue weighted by Gasteiger charge is -2.27. The fourth-order valence-corrected chi connectivity index (χ4v) is 3.02. The van der Waals surface area contributed by atoms with Crippen molar-refractivity contribution in [2.45, 2.75) is 13.1 Å². The maximum Gasteiger partial charge on any atom is 0.315 e. The monoisotopic (exact) mass is 429 g/mol. The van der Waals surface area contributed by atoms with Gasteiger partial charge in [0, 0.05) is 32.4 Å². The van der Waals surface area contributed by atoms with Crippen LogP contribution < -0.4 is 30.7 Å². The van der Waals surface area contributed by atoms with E-state index < -0.39 is 5.91 Å². The first-order valence-electron chi connectivity index (χ1n) is 9.92. The maximum atomic E-state index is 12.1. The summed E-state index contributed by atoms with van der Waals surface area (Å²) in [5.41, 5.74) is 6.81. The SMILES string of the molecule is COc1cc(CNC(=O)NCc2ccc(N3CCOCC3)nc2)ccc1OCC(N)=O. The van der Waals surface area contributed by atoms with Crippen LogP contribution in [-0.4, -0.2) is 56.9 Å². The summed E-state index contributed by atoms with van der Waals surface area (Å²) in [5.74, 6) is 1.19. The average molecular weight is 429 g/mol. The van der Waals surface area contributed by atoms with E-state index in [4.69, 9.17) is 19.9 Å². The summed E-state index contributed by atoms with van der Waals surface area (Å²) in [6.45, 7) is 3.50. The molecule has 1 aliphatic heterocycles. The molecule has 1 fully saturated rings. The smallest absolute Gasteiger partial charge is 0.315 e. The number of morpholine rings is 1. The highest BCUT2D eigenvalue weighted by Crippen LogP contribution is 2.28. The van der Waals surface area contributed by atoms with Gasteiger partial charge in [-0.2, -0.15) is 0 Å². The number of ether oxygens (including phenoxy) is 3. The van der Waals surface area contributed by atoms with Gasteiger partial charge in [0.05, 0.1) is 20.3 Å². The minimum atomic E-state index is -0.574. The van der Waals surface area contributed by atoms with E-state index in [1.807, 2.05) is 12.1 Å². The van der Waals surface area contributed by atoms with E-state index >= 15 is 0 Å². The molecule has 3 rings (SSSR count). The standard InChI is InChI=1S/C21H27N5O5/c1-29-18-10-15(2-4-17(18)31-14-19(22)27)11-24-21(28)25-13-16-3-5-20(23-12-16)26-6-8-30-9-7-26/h2-5,10,12H,6-9,11,13-14H2,1H3,(H2,22,27)(H2,24,25,28). The lowest BCUT2D eigenvalue weighted by Crippen LogP contribution is -2.36. The van der Waals surface area contributed by atoms with Crippen molar-refractivity contribution in [2.75, 3.05) is 44.9 Å². The second-order valence-corrected chi connectivity index (χ2v) is 6.90. The van der Waals surface area contributed by atoms with E-state index in [2.05, 4.69) is 20.5 Å². The number of nitrogens with two attached hydrogens (primary N) is 1. The van der Waals surface area contributed by atoms with E-state index in [1.54, 1.807) is 24.4 Å². The van der Waals surface area contributed by atoms with Crippen molar-refractivity contribution in [3.63, 3.8) is 0 Å². The second kappa shape index (κ2) is 11.0. The number of methoxy groups -OCH3 is 1. The van der Waals surface area contributed by atoms with Crippen LogP contribution in [0.15, 0.2) is 36.5 Å². The van der Waals surface area contributed by atoms with Gasteiger partial charge in [-0.3, -0.25) is 4.79 Å². The number of urea groups is 1. The van der Waals surface area contributed by atoms with Crippen LogP contribution in [0.5, 0.6) is 11.5 Å². The molecule has 3 amide bonds. The minimum absolute atomic E-state index is 0.237. The molecule has 1 aromatic heterocycles. The van der Waals surface area contributed by atoms with Crippen molar-refractivity contribution in [2.24, 2.45) is 5.73 Å². The largest absolute Gasteiger partial charge is 0.493 e. The number of pyridine rings is 1. The first-order chi connectivity index (χ1) is 15.0. The van der Waals surface area contributed by atoms with Crippen LogP contribution in [-0.2, 0) is 22.6 Å². The van der Waals surface area contributed by atoms with Gasteiger partial charge in [-0.05, 0) is 29.3 Å². The third-order valence-electron chi connectivity index (χ3n) is 4.65. The quantitative estimate of drug-likeness (QED) is 0.538. The highest BCUT2D eigenvalue weighted by Gasteiger charge is 2.12. The number of carbonyl (C=O) groups excluding carboxylic acids is 2. The molecule has 2 heterocycles. The first-order valence-corrected chi connectivity index (χ1v) is 9.92. The predicted molar refractivity (Wildman–Crippen MR) is 114 cm³/mol. The number of benzene rings is 1. The molecule has 1 aliphatic rings. The highest BCUT2D eigenvalue weighted by atomic mass is 16.5. The Labute approximate surface area is 180 Å². The summed E-state index contributed by atoms with van der Waals surface area (Å²) in [7, 11) is 1.49. The van der Waals surface area contributed by atoms with Crippen molar-refractivity contribution in [3.05, 3.63) is 47.7 Å². The summed E-state index contributed by atoms with van der Waals surface area (Å²) in [6, 6.07) is 8.77. The zero-order valence-corrected chi connectivity index (χ0v) is 17.4. The van der Waals surface area contributed by atoms with Gasteiger partial charge in [-0.15, -0.1) is 0 Å². The lowest BCUT2D eigenvalue weighted by atomic mass is 10.2. The van der Waals surface area contributed by atoms with E-state index in [0.29, 0.717) is 37.8 Å². The number of aromatic nitrogens is 1. The normalized spacial score (nSPS) is 13.4. The summed E-state index contributed by atoms with van der Waals surface area (Å²) in [5, 5.41) is 5.60. The summed E-state index contributed by atoms with van der Waals surface area (Å²) in [4.78, 5) is 29.6. The summed E-state index contributed by atoms with van der Waals surface area (Å²) < 4.78 is 15.9. The lowest BCUT2D eigenvalue weighted by molar-refractivity contribution is -0.119. The fraction of sp³-hybridized carbons (Fsp3) is 0.381. The molecule has 0 unspecified atom stereocenters. The van der Waals surface area contributed by atoms with E-state index in [-0.39, 0.29) is 12.6 Å². The van der Waals surface area contributed by atoms with Crippen molar-refractivity contribution in [3.8, 4) is 11.5 Å². The topological polar surface area (TPSA) is 128 Å². The number of anilines is 1. The summed E-state index contributed by atoms with van der Waals surface area (Å²) in [6.07, 6.45) is 1.76. The van der Waals surface area contributed by atoms with Crippen LogP contribution in [0.4, 0.5) is 10.6 Å². The Hall–Kier alpha value is -3.53. The van der Waals surface area contributed by atoms with Gasteiger partial charge in [0.15, 0.2) is 18.1 Å². The number of nitrogens with one attached hydrogen (secondary N) is 2. The van der Waals surface area contributed by atoms with Gasteiger partial charge in [0.2, 0.25) is 0 Å². The van der Waals surface area contributed by atoms with E-state index in [9.17, 15) is 9.59 Å². The number of amides is 3. The molecule has 4 N–H and O–H groups in total. The first kappa shape index (κ1) is 22.2. The molecular weight excluding hydrogens is 402 g/mol. The molecule has 0 bridgehead atoms. The Morgan fingerprint density at radius 1 is 1.10 bits per heavy atom. The Morgan fingerprint density at radius 2 is 1.81 bits per heavy atom. The zero-order chi connectivity index (χ0) is 22.1. The Kier molecular flexibility index (Phi) is 7.88. The van der Waals surface area contributed by atoms with E-state index in [1.165, 1.54) is 7.11 Å². The molecule has 0 atom stereocenters. The van der Waals surface area contributed by atoms with Gasteiger partial charge in [-0.1, -0.05) is 12.1 Å². The predicted octanol–water partition coefficient (Wildman–Crippen LogP) is 0.790. The molecule has 0 spiro atoms. The molecule has 10 heteroatoms. The third-order valence-corrected chi connectivity index (χ3v) is 4.65. The highest BCUT2D eigenvalue weighted by molar-refractivity contribution is 5.75. The van der Waals surface area contributed by atoms with Gasteiger partial charge in [0.1, 0.15) is 5.82 Å². The summed E-state index contributed by atoms with van der Waals surface area (Å²) >= 11 is 0. The molecule has 166 valence electrons. The number of hydrogen-bond donors (Lipinski definition) is 3. The maximum absolute atomic E-state index is 12.1.